The lowest BCUT2D eigenvalue weighted by Crippen LogP contribution is -2.34. The number of ether oxygens (including phenoxy) is 1. The fourth-order valence-electron chi connectivity index (χ4n) is 2.77. The zero-order valence-electron chi connectivity index (χ0n) is 12.1. The lowest BCUT2D eigenvalue weighted by Gasteiger charge is -2.35. The Morgan fingerprint density at radius 1 is 1.43 bits per heavy atom. The first-order chi connectivity index (χ1) is 10.2. The Balaban J connectivity index is 1.88. The van der Waals surface area contributed by atoms with E-state index in [1.165, 1.54) is 11.3 Å². The van der Waals surface area contributed by atoms with Crippen LogP contribution in [0.15, 0.2) is 16.7 Å². The van der Waals surface area contributed by atoms with Crippen molar-refractivity contribution in [2.45, 2.75) is 38.2 Å². The molecule has 0 aliphatic heterocycles. The number of nitriles is 1. The van der Waals surface area contributed by atoms with E-state index in [4.69, 9.17) is 14.5 Å². The Bertz CT molecular complexity index is 663. The van der Waals surface area contributed by atoms with Crippen LogP contribution in [0.3, 0.4) is 0 Å². The second kappa shape index (κ2) is 5.58. The quantitative estimate of drug-likeness (QED) is 0.864. The number of rotatable bonds is 3. The summed E-state index contributed by atoms with van der Waals surface area (Å²) in [7, 11) is 1.71. The Kier molecular flexibility index (Phi) is 3.79. The minimum absolute atomic E-state index is 0.427. The van der Waals surface area contributed by atoms with E-state index in [-0.39, 0.29) is 0 Å². The van der Waals surface area contributed by atoms with E-state index in [2.05, 4.69) is 23.1 Å². The van der Waals surface area contributed by atoms with E-state index < -0.39 is 5.60 Å². The number of nitrogens with zero attached hydrogens (tertiary/aromatic N) is 3. The van der Waals surface area contributed by atoms with Gasteiger partial charge in [0.05, 0.1) is 4.88 Å². The largest absolute Gasteiger partial charge is 0.370 e. The molecule has 3 rings (SSSR count). The molecular weight excluding hydrogens is 286 g/mol. The molecule has 2 aromatic rings. The van der Waals surface area contributed by atoms with Gasteiger partial charge in [0.2, 0.25) is 5.82 Å². The Morgan fingerprint density at radius 3 is 2.81 bits per heavy atom. The van der Waals surface area contributed by atoms with Gasteiger partial charge in [-0.3, -0.25) is 0 Å². The Hall–Kier alpha value is -1.71. The summed E-state index contributed by atoms with van der Waals surface area (Å²) >= 11 is 1.35. The highest BCUT2D eigenvalue weighted by molar-refractivity contribution is 7.15. The van der Waals surface area contributed by atoms with Crippen molar-refractivity contribution in [1.29, 1.82) is 5.26 Å². The number of aromatic nitrogens is 2. The van der Waals surface area contributed by atoms with E-state index in [0.29, 0.717) is 16.6 Å². The molecule has 0 N–H and O–H groups in total. The Morgan fingerprint density at radius 2 is 2.19 bits per heavy atom. The molecule has 0 bridgehead atoms. The second-order valence-electron chi connectivity index (χ2n) is 5.58. The molecule has 0 atom stereocenters. The molecule has 2 heterocycles. The molecule has 1 saturated carbocycles. The molecule has 0 radical (unpaired) electrons. The monoisotopic (exact) mass is 303 g/mol. The summed E-state index contributed by atoms with van der Waals surface area (Å²) < 4.78 is 11.1. The average Bonchev–Trinajstić information content (AvgIpc) is 3.17. The van der Waals surface area contributed by atoms with E-state index >= 15 is 0 Å². The van der Waals surface area contributed by atoms with Crippen LogP contribution < -0.4 is 0 Å². The summed E-state index contributed by atoms with van der Waals surface area (Å²) in [5.41, 5.74) is -0.427. The molecule has 110 valence electrons. The third-order valence-corrected chi connectivity index (χ3v) is 5.21. The minimum atomic E-state index is -0.427. The second-order valence-corrected chi connectivity index (χ2v) is 6.66. The van der Waals surface area contributed by atoms with Crippen molar-refractivity contribution >= 4 is 11.3 Å². The molecule has 21 heavy (non-hydrogen) atoms. The standard InChI is InChI=1S/C15H17N3O2S/c1-10-5-7-15(19-2,8-6-10)14-17-13(20-18-14)12-4-3-11(9-16)21-12/h3-4,10H,5-8H2,1-2H3. The van der Waals surface area contributed by atoms with Crippen LogP contribution in [-0.4, -0.2) is 17.3 Å². The highest BCUT2D eigenvalue weighted by Crippen LogP contribution is 2.41. The topological polar surface area (TPSA) is 71.9 Å². The highest BCUT2D eigenvalue weighted by Gasteiger charge is 2.40. The third-order valence-electron chi connectivity index (χ3n) is 4.23. The maximum Gasteiger partial charge on any atom is 0.268 e. The van der Waals surface area contributed by atoms with Gasteiger partial charge < -0.3 is 9.26 Å². The summed E-state index contributed by atoms with van der Waals surface area (Å²) in [5.74, 6) is 1.81. The van der Waals surface area contributed by atoms with Gasteiger partial charge in [-0.2, -0.15) is 10.2 Å². The minimum Gasteiger partial charge on any atom is -0.370 e. The van der Waals surface area contributed by atoms with E-state index in [9.17, 15) is 0 Å². The molecule has 5 nitrogen and oxygen atoms in total. The molecule has 1 fully saturated rings. The van der Waals surface area contributed by atoms with Crippen molar-refractivity contribution in [2.75, 3.05) is 7.11 Å². The maximum absolute atomic E-state index is 8.88. The average molecular weight is 303 g/mol. The van der Waals surface area contributed by atoms with Gasteiger partial charge in [-0.25, -0.2) is 0 Å². The fraction of sp³-hybridized carbons (Fsp3) is 0.533. The van der Waals surface area contributed by atoms with Crippen LogP contribution in [0, 0.1) is 17.2 Å². The van der Waals surface area contributed by atoms with Crippen molar-refractivity contribution in [3.05, 3.63) is 22.8 Å². The van der Waals surface area contributed by atoms with Gasteiger partial charge in [-0.15, -0.1) is 11.3 Å². The van der Waals surface area contributed by atoms with Crippen LogP contribution in [0.2, 0.25) is 0 Å². The van der Waals surface area contributed by atoms with Crippen molar-refractivity contribution in [1.82, 2.24) is 10.1 Å². The first kappa shape index (κ1) is 14.2. The van der Waals surface area contributed by atoms with Crippen LogP contribution in [0.1, 0.15) is 43.3 Å². The van der Waals surface area contributed by atoms with Crippen molar-refractivity contribution in [2.24, 2.45) is 5.92 Å². The van der Waals surface area contributed by atoms with E-state index in [1.807, 2.05) is 6.07 Å². The lowest BCUT2D eigenvalue weighted by molar-refractivity contribution is -0.0609. The SMILES string of the molecule is COC1(c2noc(-c3ccc(C#N)s3)n2)CCC(C)CC1. The molecule has 0 aromatic carbocycles. The zero-order chi connectivity index (χ0) is 14.9. The van der Waals surface area contributed by atoms with Gasteiger partial charge in [0.25, 0.3) is 5.89 Å². The molecular formula is C15H17N3O2S. The van der Waals surface area contributed by atoms with Gasteiger partial charge in [-0.05, 0) is 43.7 Å². The first-order valence-electron chi connectivity index (χ1n) is 7.06. The predicted octanol–water partition coefficient (Wildman–Crippen LogP) is 3.72. The van der Waals surface area contributed by atoms with Crippen LogP contribution in [-0.2, 0) is 10.3 Å². The number of hydrogen-bond acceptors (Lipinski definition) is 6. The maximum atomic E-state index is 8.88. The molecule has 6 heteroatoms. The Labute approximate surface area is 127 Å². The molecule has 1 aliphatic rings. The van der Waals surface area contributed by atoms with Crippen LogP contribution in [0.4, 0.5) is 0 Å². The van der Waals surface area contributed by atoms with Crippen molar-refractivity contribution < 1.29 is 9.26 Å². The van der Waals surface area contributed by atoms with Crippen LogP contribution in [0.25, 0.3) is 10.8 Å². The molecule has 1 aliphatic carbocycles. The van der Waals surface area contributed by atoms with E-state index in [0.717, 1.165) is 36.5 Å². The summed E-state index contributed by atoms with van der Waals surface area (Å²) in [6.45, 7) is 2.26. The van der Waals surface area contributed by atoms with Gasteiger partial charge in [0, 0.05) is 7.11 Å². The van der Waals surface area contributed by atoms with E-state index in [1.54, 1.807) is 13.2 Å². The van der Waals surface area contributed by atoms with Gasteiger partial charge in [-0.1, -0.05) is 12.1 Å². The normalized spacial score (nSPS) is 25.7. The predicted molar refractivity (Wildman–Crippen MR) is 78.6 cm³/mol. The third kappa shape index (κ3) is 2.59. The number of hydrogen-bond donors (Lipinski definition) is 0. The van der Waals surface area contributed by atoms with Crippen LogP contribution in [0.5, 0.6) is 0 Å². The molecule has 2 aromatic heterocycles. The summed E-state index contributed by atoms with van der Waals surface area (Å²) in [5, 5.41) is 13.0. The van der Waals surface area contributed by atoms with Crippen molar-refractivity contribution in [3.63, 3.8) is 0 Å². The molecule has 0 spiro atoms. The number of methoxy groups -OCH3 is 1. The highest BCUT2D eigenvalue weighted by atomic mass is 32.1. The van der Waals surface area contributed by atoms with Gasteiger partial charge in [0.1, 0.15) is 16.5 Å². The zero-order valence-corrected chi connectivity index (χ0v) is 12.9. The smallest absolute Gasteiger partial charge is 0.268 e. The summed E-state index contributed by atoms with van der Waals surface area (Å²) in [6.07, 6.45) is 4.04. The van der Waals surface area contributed by atoms with Crippen LogP contribution >= 0.6 is 11.3 Å². The fourth-order valence-corrected chi connectivity index (χ4v) is 3.49. The van der Waals surface area contributed by atoms with Crippen molar-refractivity contribution in [3.8, 4) is 16.8 Å². The molecule has 0 saturated heterocycles. The lowest BCUT2D eigenvalue weighted by atomic mass is 9.79. The molecule has 0 unspecified atom stereocenters. The summed E-state index contributed by atoms with van der Waals surface area (Å²) in [4.78, 5) is 5.97. The first-order valence-corrected chi connectivity index (χ1v) is 7.88. The number of thiophene rings is 1. The summed E-state index contributed by atoms with van der Waals surface area (Å²) in [6, 6.07) is 5.71. The van der Waals surface area contributed by atoms with Gasteiger partial charge in [0.15, 0.2) is 0 Å². The molecule has 0 amide bonds. The van der Waals surface area contributed by atoms with Gasteiger partial charge >= 0.3 is 0 Å².